The Balaban J connectivity index is 1.88. The van der Waals surface area contributed by atoms with Crippen molar-refractivity contribution in [3.8, 4) is 0 Å². The van der Waals surface area contributed by atoms with Gasteiger partial charge in [-0.2, -0.15) is 5.10 Å². The summed E-state index contributed by atoms with van der Waals surface area (Å²) in [6, 6.07) is 0.515. The zero-order chi connectivity index (χ0) is 13.0. The molecule has 4 nitrogen and oxygen atoms in total. The van der Waals surface area contributed by atoms with Gasteiger partial charge in [0.15, 0.2) is 0 Å². The second-order valence-electron chi connectivity index (χ2n) is 6.04. The van der Waals surface area contributed by atoms with Gasteiger partial charge < -0.3 is 4.74 Å². The van der Waals surface area contributed by atoms with Gasteiger partial charge in [0.05, 0.1) is 18.4 Å². The standard InChI is InChI=1S/C14H25N3O/c1-14(2,3)18-9-8-17-7-5-4-6-13(17)12-10-15-16-11-12/h10-11,13H,4-9H2,1-3H3,(H,15,16). The molecule has 2 heterocycles. The maximum atomic E-state index is 5.83. The number of H-pyrrole nitrogens is 1. The van der Waals surface area contributed by atoms with Crippen LogP contribution in [-0.4, -0.2) is 40.4 Å². The van der Waals surface area contributed by atoms with Gasteiger partial charge in [0.25, 0.3) is 0 Å². The molecular weight excluding hydrogens is 226 g/mol. The lowest BCUT2D eigenvalue weighted by Gasteiger charge is -2.35. The van der Waals surface area contributed by atoms with E-state index in [1.165, 1.54) is 31.4 Å². The van der Waals surface area contributed by atoms with Gasteiger partial charge in [-0.05, 0) is 40.2 Å². The van der Waals surface area contributed by atoms with E-state index in [9.17, 15) is 0 Å². The SMILES string of the molecule is CC(C)(C)OCCN1CCCCC1c1cn[nH]c1. The van der Waals surface area contributed by atoms with Crippen molar-refractivity contribution in [3.63, 3.8) is 0 Å². The van der Waals surface area contributed by atoms with Crippen LogP contribution in [-0.2, 0) is 4.74 Å². The third-order valence-electron chi connectivity index (χ3n) is 3.43. The first-order valence-corrected chi connectivity index (χ1v) is 6.93. The van der Waals surface area contributed by atoms with Crippen LogP contribution in [0.3, 0.4) is 0 Å². The molecule has 1 unspecified atom stereocenters. The molecule has 0 saturated carbocycles. The van der Waals surface area contributed by atoms with Crippen molar-refractivity contribution >= 4 is 0 Å². The van der Waals surface area contributed by atoms with E-state index < -0.39 is 0 Å². The number of aromatic nitrogens is 2. The van der Waals surface area contributed by atoms with Gasteiger partial charge in [-0.1, -0.05) is 6.42 Å². The monoisotopic (exact) mass is 251 g/mol. The number of piperidine rings is 1. The van der Waals surface area contributed by atoms with Crippen molar-refractivity contribution in [3.05, 3.63) is 18.0 Å². The highest BCUT2D eigenvalue weighted by Crippen LogP contribution is 2.29. The van der Waals surface area contributed by atoms with Crippen molar-refractivity contribution in [2.75, 3.05) is 19.7 Å². The third-order valence-corrected chi connectivity index (χ3v) is 3.43. The van der Waals surface area contributed by atoms with Crippen LogP contribution in [0.4, 0.5) is 0 Å². The fraction of sp³-hybridized carbons (Fsp3) is 0.786. The Morgan fingerprint density at radius 3 is 2.94 bits per heavy atom. The van der Waals surface area contributed by atoms with Crippen LogP contribution in [0.5, 0.6) is 0 Å². The lowest BCUT2D eigenvalue weighted by Crippen LogP contribution is -2.37. The number of hydrogen-bond donors (Lipinski definition) is 1. The largest absolute Gasteiger partial charge is 0.375 e. The van der Waals surface area contributed by atoms with Crippen LogP contribution in [0.15, 0.2) is 12.4 Å². The molecule has 0 aliphatic carbocycles. The summed E-state index contributed by atoms with van der Waals surface area (Å²) in [5, 5.41) is 6.99. The van der Waals surface area contributed by atoms with Gasteiger partial charge in [0, 0.05) is 24.3 Å². The van der Waals surface area contributed by atoms with E-state index in [4.69, 9.17) is 4.74 Å². The van der Waals surface area contributed by atoms with E-state index in [0.29, 0.717) is 6.04 Å². The lowest BCUT2D eigenvalue weighted by atomic mass is 9.98. The molecule has 1 aliphatic rings. The molecule has 0 aromatic carbocycles. The predicted octanol–water partition coefficient (Wildman–Crippen LogP) is 2.75. The summed E-state index contributed by atoms with van der Waals surface area (Å²) < 4.78 is 5.83. The number of likely N-dealkylation sites (tertiary alicyclic amines) is 1. The molecule has 4 heteroatoms. The quantitative estimate of drug-likeness (QED) is 0.894. The zero-order valence-electron chi connectivity index (χ0n) is 11.8. The van der Waals surface area contributed by atoms with Crippen molar-refractivity contribution in [2.24, 2.45) is 0 Å². The third kappa shape index (κ3) is 3.82. The fourth-order valence-corrected chi connectivity index (χ4v) is 2.55. The first-order chi connectivity index (χ1) is 8.56. The number of aromatic amines is 1. The Hall–Kier alpha value is -0.870. The van der Waals surface area contributed by atoms with Gasteiger partial charge in [-0.25, -0.2) is 0 Å². The summed E-state index contributed by atoms with van der Waals surface area (Å²) in [4.78, 5) is 2.53. The Labute approximate surface area is 110 Å². The topological polar surface area (TPSA) is 41.1 Å². The van der Waals surface area contributed by atoms with Crippen molar-refractivity contribution < 1.29 is 4.74 Å². The van der Waals surface area contributed by atoms with Crippen molar-refractivity contribution in [1.29, 1.82) is 0 Å². The molecule has 1 N–H and O–H groups in total. The Morgan fingerprint density at radius 2 is 2.28 bits per heavy atom. The van der Waals surface area contributed by atoms with E-state index in [1.807, 2.05) is 12.4 Å². The van der Waals surface area contributed by atoms with Crippen LogP contribution in [0.1, 0.15) is 51.6 Å². The average Bonchev–Trinajstić information content (AvgIpc) is 2.81. The summed E-state index contributed by atoms with van der Waals surface area (Å²) in [6.07, 6.45) is 7.81. The molecule has 18 heavy (non-hydrogen) atoms. The normalized spacial score (nSPS) is 22.3. The van der Waals surface area contributed by atoms with Crippen LogP contribution < -0.4 is 0 Å². The molecule has 1 aliphatic heterocycles. The molecule has 102 valence electrons. The minimum Gasteiger partial charge on any atom is -0.375 e. The summed E-state index contributed by atoms with van der Waals surface area (Å²) >= 11 is 0. The number of hydrogen-bond acceptors (Lipinski definition) is 3. The number of nitrogens with zero attached hydrogens (tertiary/aromatic N) is 2. The van der Waals surface area contributed by atoms with Crippen LogP contribution in [0, 0.1) is 0 Å². The Bertz CT molecular complexity index is 342. The molecule has 0 radical (unpaired) electrons. The molecule has 1 fully saturated rings. The van der Waals surface area contributed by atoms with Gasteiger partial charge in [-0.3, -0.25) is 10.00 Å². The van der Waals surface area contributed by atoms with Gasteiger partial charge >= 0.3 is 0 Å². The first kappa shape index (κ1) is 13.6. The van der Waals surface area contributed by atoms with Crippen LogP contribution in [0.25, 0.3) is 0 Å². The fourth-order valence-electron chi connectivity index (χ4n) is 2.55. The highest BCUT2D eigenvalue weighted by molar-refractivity contribution is 5.10. The smallest absolute Gasteiger partial charge is 0.0600 e. The van der Waals surface area contributed by atoms with E-state index >= 15 is 0 Å². The van der Waals surface area contributed by atoms with E-state index in [0.717, 1.165) is 13.2 Å². The predicted molar refractivity (Wildman–Crippen MR) is 72.5 cm³/mol. The maximum Gasteiger partial charge on any atom is 0.0600 e. The number of ether oxygens (including phenoxy) is 1. The second kappa shape index (κ2) is 5.85. The summed E-state index contributed by atoms with van der Waals surface area (Å²) in [5.41, 5.74) is 1.27. The Morgan fingerprint density at radius 1 is 1.44 bits per heavy atom. The summed E-state index contributed by atoms with van der Waals surface area (Å²) in [7, 11) is 0. The zero-order valence-corrected chi connectivity index (χ0v) is 11.8. The van der Waals surface area contributed by atoms with Crippen LogP contribution >= 0.6 is 0 Å². The molecule has 0 spiro atoms. The molecule has 1 aromatic rings. The highest BCUT2D eigenvalue weighted by Gasteiger charge is 2.24. The summed E-state index contributed by atoms with van der Waals surface area (Å²) in [5.74, 6) is 0. The number of rotatable bonds is 4. The molecular formula is C14H25N3O. The second-order valence-corrected chi connectivity index (χ2v) is 6.04. The van der Waals surface area contributed by atoms with E-state index in [2.05, 4.69) is 35.9 Å². The van der Waals surface area contributed by atoms with Gasteiger partial charge in [0.1, 0.15) is 0 Å². The van der Waals surface area contributed by atoms with Gasteiger partial charge in [0.2, 0.25) is 0 Å². The van der Waals surface area contributed by atoms with Gasteiger partial charge in [-0.15, -0.1) is 0 Å². The van der Waals surface area contributed by atoms with Crippen LogP contribution in [0.2, 0.25) is 0 Å². The van der Waals surface area contributed by atoms with E-state index in [-0.39, 0.29) is 5.60 Å². The minimum absolute atomic E-state index is 0.0408. The average molecular weight is 251 g/mol. The highest BCUT2D eigenvalue weighted by atomic mass is 16.5. The molecule has 2 rings (SSSR count). The van der Waals surface area contributed by atoms with Crippen molar-refractivity contribution in [1.82, 2.24) is 15.1 Å². The Kier molecular flexibility index (Phi) is 4.40. The molecule has 1 atom stereocenters. The molecule has 1 aromatic heterocycles. The summed E-state index contributed by atoms with van der Waals surface area (Å²) in [6.45, 7) is 9.30. The van der Waals surface area contributed by atoms with E-state index in [1.54, 1.807) is 0 Å². The molecule has 0 bridgehead atoms. The molecule has 1 saturated heterocycles. The first-order valence-electron chi connectivity index (χ1n) is 6.93. The van der Waals surface area contributed by atoms with Crippen molar-refractivity contribution in [2.45, 2.75) is 51.7 Å². The molecule has 0 amide bonds. The number of nitrogens with one attached hydrogen (secondary N) is 1. The maximum absolute atomic E-state index is 5.83. The minimum atomic E-state index is -0.0408. The lowest BCUT2D eigenvalue weighted by molar-refractivity contribution is -0.0212.